The number of sulfonamides is 1. The Morgan fingerprint density at radius 1 is 1.50 bits per heavy atom. The summed E-state index contributed by atoms with van der Waals surface area (Å²) in [5, 5.41) is 0. The molecule has 0 radical (unpaired) electrons. The predicted molar refractivity (Wildman–Crippen MR) is 81.4 cm³/mol. The van der Waals surface area contributed by atoms with Crippen LogP contribution in [-0.4, -0.2) is 27.4 Å². The highest BCUT2D eigenvalue weighted by Crippen LogP contribution is 2.30. The predicted octanol–water partition coefficient (Wildman–Crippen LogP) is 1.78. The van der Waals surface area contributed by atoms with Crippen LogP contribution in [0.5, 0.6) is 0 Å². The van der Waals surface area contributed by atoms with Crippen LogP contribution in [0.1, 0.15) is 12.5 Å². The van der Waals surface area contributed by atoms with Gasteiger partial charge in [0.2, 0.25) is 15.9 Å². The number of halogens is 1. The summed E-state index contributed by atoms with van der Waals surface area (Å²) >= 11 is 3.10. The molecule has 1 aliphatic rings. The molecule has 0 atom stereocenters. The first-order valence-corrected chi connectivity index (χ1v) is 8.33. The van der Waals surface area contributed by atoms with Crippen molar-refractivity contribution in [1.82, 2.24) is 4.72 Å². The van der Waals surface area contributed by atoms with Crippen LogP contribution in [0.3, 0.4) is 0 Å². The molecule has 0 bridgehead atoms. The molecular weight excluding hydrogens is 344 g/mol. The van der Waals surface area contributed by atoms with Crippen LogP contribution in [0.15, 0.2) is 34.2 Å². The van der Waals surface area contributed by atoms with E-state index in [0.717, 1.165) is 12.0 Å². The van der Waals surface area contributed by atoms with E-state index in [2.05, 4.69) is 27.2 Å². The molecule has 1 N–H and O–H groups in total. The molecule has 0 unspecified atom stereocenters. The van der Waals surface area contributed by atoms with Gasteiger partial charge in [-0.3, -0.25) is 4.79 Å². The van der Waals surface area contributed by atoms with E-state index in [4.69, 9.17) is 0 Å². The van der Waals surface area contributed by atoms with Crippen LogP contribution in [0.4, 0.5) is 5.69 Å². The Morgan fingerprint density at radius 2 is 2.20 bits per heavy atom. The molecule has 0 fully saturated rings. The molecule has 1 heterocycles. The van der Waals surface area contributed by atoms with Gasteiger partial charge in [0.15, 0.2) is 0 Å². The van der Waals surface area contributed by atoms with Crippen molar-refractivity contribution in [1.29, 1.82) is 0 Å². The second-order valence-corrected chi connectivity index (χ2v) is 7.44. The van der Waals surface area contributed by atoms with Crippen LogP contribution in [-0.2, 0) is 21.2 Å². The highest BCUT2D eigenvalue weighted by molar-refractivity contribution is 9.11. The summed E-state index contributed by atoms with van der Waals surface area (Å²) in [6, 6.07) is 4.86. The molecule has 108 valence electrons. The highest BCUT2D eigenvalue weighted by Gasteiger charge is 2.24. The van der Waals surface area contributed by atoms with Gasteiger partial charge in [0.1, 0.15) is 0 Å². The van der Waals surface area contributed by atoms with Crippen molar-refractivity contribution in [3.05, 3.63) is 34.8 Å². The van der Waals surface area contributed by atoms with Crippen LogP contribution in [0, 0.1) is 0 Å². The Balaban J connectivity index is 2.34. The van der Waals surface area contributed by atoms with E-state index in [1.807, 2.05) is 0 Å². The summed E-state index contributed by atoms with van der Waals surface area (Å²) in [5.41, 5.74) is 1.67. The third-order valence-corrected chi connectivity index (χ3v) is 4.78. The molecular formula is C13H15BrN2O3S. The maximum absolute atomic E-state index is 12.1. The zero-order valence-corrected chi connectivity index (χ0v) is 13.4. The fraction of sp³-hybridized carbons (Fsp3) is 0.308. The maximum atomic E-state index is 12.1. The number of nitrogens with one attached hydrogen (secondary N) is 1. The fourth-order valence-corrected chi connectivity index (χ4v) is 3.48. The Labute approximate surface area is 126 Å². The third kappa shape index (κ3) is 3.11. The van der Waals surface area contributed by atoms with Gasteiger partial charge in [-0.1, -0.05) is 28.6 Å². The second kappa shape index (κ2) is 5.67. The summed E-state index contributed by atoms with van der Waals surface area (Å²) in [6.07, 6.45) is 0.751. The van der Waals surface area contributed by atoms with Crippen molar-refractivity contribution in [3.8, 4) is 0 Å². The molecule has 7 heteroatoms. The highest BCUT2D eigenvalue weighted by atomic mass is 79.9. The van der Waals surface area contributed by atoms with Crippen LogP contribution >= 0.6 is 15.9 Å². The number of anilines is 1. The van der Waals surface area contributed by atoms with Crippen LogP contribution in [0.2, 0.25) is 0 Å². The lowest BCUT2D eigenvalue weighted by molar-refractivity contribution is -0.116. The fourth-order valence-electron chi connectivity index (χ4n) is 2.11. The van der Waals surface area contributed by atoms with Crippen molar-refractivity contribution in [3.63, 3.8) is 0 Å². The number of fused-ring (bicyclic) bond motifs is 1. The Kier molecular flexibility index (Phi) is 4.31. The number of benzene rings is 1. The molecule has 0 aliphatic carbocycles. The zero-order valence-electron chi connectivity index (χ0n) is 11.0. The number of rotatable bonds is 4. The summed E-state index contributed by atoms with van der Waals surface area (Å²) in [6.45, 7) is 5.78. The van der Waals surface area contributed by atoms with Gasteiger partial charge in [-0.15, -0.1) is 0 Å². The lowest BCUT2D eigenvalue weighted by Crippen LogP contribution is -2.27. The van der Waals surface area contributed by atoms with Crippen molar-refractivity contribution in [2.24, 2.45) is 0 Å². The van der Waals surface area contributed by atoms with Crippen LogP contribution < -0.4 is 9.62 Å². The second-order valence-electron chi connectivity index (χ2n) is 4.55. The van der Waals surface area contributed by atoms with Gasteiger partial charge >= 0.3 is 0 Å². The first-order valence-electron chi connectivity index (χ1n) is 6.05. The van der Waals surface area contributed by atoms with Crippen molar-refractivity contribution >= 4 is 37.5 Å². The first-order chi connectivity index (χ1) is 9.31. The van der Waals surface area contributed by atoms with Crippen molar-refractivity contribution in [2.45, 2.75) is 18.2 Å². The summed E-state index contributed by atoms with van der Waals surface area (Å²) in [5.74, 6) is -0.0832. The molecule has 2 rings (SSSR count). The first kappa shape index (κ1) is 15.2. The molecule has 1 amide bonds. The minimum atomic E-state index is -3.60. The maximum Gasteiger partial charge on any atom is 0.240 e. The number of carbonyl (C=O) groups is 1. The van der Waals surface area contributed by atoms with Crippen molar-refractivity contribution in [2.75, 3.05) is 18.0 Å². The Hall–Kier alpha value is -1.18. The Bertz CT molecular complexity index is 670. The van der Waals surface area contributed by atoms with Gasteiger partial charge in [-0.25, -0.2) is 13.1 Å². The van der Waals surface area contributed by atoms with E-state index in [1.54, 1.807) is 23.1 Å². The SMILES string of the molecule is C=C(Br)CNS(=O)(=O)c1ccc2c(c1)N(C(C)=O)CC2. The molecule has 5 nitrogen and oxygen atoms in total. The van der Waals surface area contributed by atoms with E-state index >= 15 is 0 Å². The van der Waals surface area contributed by atoms with E-state index in [1.165, 1.54) is 6.92 Å². The normalized spacial score (nSPS) is 14.2. The topological polar surface area (TPSA) is 66.5 Å². The molecule has 0 saturated carbocycles. The van der Waals surface area contributed by atoms with Crippen molar-refractivity contribution < 1.29 is 13.2 Å². The smallest absolute Gasteiger partial charge is 0.240 e. The molecule has 0 aromatic heterocycles. The van der Waals surface area contributed by atoms with Gasteiger partial charge in [0, 0.05) is 30.2 Å². The minimum absolute atomic E-state index is 0.0832. The van der Waals surface area contributed by atoms with E-state index < -0.39 is 10.0 Å². The minimum Gasteiger partial charge on any atom is -0.312 e. The number of amides is 1. The molecule has 0 spiro atoms. The van der Waals surface area contributed by atoms with Gasteiger partial charge in [0.05, 0.1) is 4.90 Å². The van der Waals surface area contributed by atoms with Gasteiger partial charge in [0.25, 0.3) is 0 Å². The summed E-state index contributed by atoms with van der Waals surface area (Å²) < 4.78 is 27.3. The molecule has 20 heavy (non-hydrogen) atoms. The van der Waals surface area contributed by atoms with E-state index in [-0.39, 0.29) is 17.3 Å². The van der Waals surface area contributed by atoms with E-state index in [0.29, 0.717) is 16.7 Å². The number of nitrogens with zero attached hydrogens (tertiary/aromatic N) is 1. The van der Waals surface area contributed by atoms with E-state index in [9.17, 15) is 13.2 Å². The average molecular weight is 359 g/mol. The lowest BCUT2D eigenvalue weighted by atomic mass is 10.2. The standard InChI is InChI=1S/C13H15BrN2O3S/c1-9(14)8-15-20(18,19)12-4-3-11-5-6-16(10(2)17)13(11)7-12/h3-4,7,15H,1,5-6,8H2,2H3. The van der Waals surface area contributed by atoms with Crippen LogP contribution in [0.25, 0.3) is 0 Å². The number of carbonyl (C=O) groups excluding carboxylic acids is 1. The molecule has 1 aromatic rings. The monoisotopic (exact) mass is 358 g/mol. The van der Waals surface area contributed by atoms with Gasteiger partial charge < -0.3 is 4.90 Å². The Morgan fingerprint density at radius 3 is 2.80 bits per heavy atom. The largest absolute Gasteiger partial charge is 0.312 e. The average Bonchev–Trinajstić information content (AvgIpc) is 2.79. The third-order valence-electron chi connectivity index (χ3n) is 3.10. The zero-order chi connectivity index (χ0) is 14.9. The molecule has 1 aliphatic heterocycles. The molecule has 1 aromatic carbocycles. The lowest BCUT2D eigenvalue weighted by Gasteiger charge is -2.15. The summed E-state index contributed by atoms with van der Waals surface area (Å²) in [4.78, 5) is 13.3. The number of hydrogen-bond acceptors (Lipinski definition) is 3. The van der Waals surface area contributed by atoms with Gasteiger partial charge in [-0.2, -0.15) is 0 Å². The summed E-state index contributed by atoms with van der Waals surface area (Å²) in [7, 11) is -3.60. The molecule has 0 saturated heterocycles. The van der Waals surface area contributed by atoms with Gasteiger partial charge in [-0.05, 0) is 24.1 Å². The quantitative estimate of drug-likeness (QED) is 0.891. The number of hydrogen-bond donors (Lipinski definition) is 1.